The van der Waals surface area contributed by atoms with Crippen molar-refractivity contribution in [1.82, 2.24) is 15.0 Å². The zero-order chi connectivity index (χ0) is 28.3. The van der Waals surface area contributed by atoms with E-state index in [0.29, 0.717) is 16.2 Å². The minimum atomic E-state index is -0.389. The molecule has 0 aliphatic rings. The van der Waals surface area contributed by atoms with Crippen molar-refractivity contribution in [3.05, 3.63) is 107 Å². The summed E-state index contributed by atoms with van der Waals surface area (Å²) in [5.41, 5.74) is 2.83. The van der Waals surface area contributed by atoms with Crippen molar-refractivity contribution in [2.75, 3.05) is 0 Å². The molecule has 0 atom stereocenters. The average Bonchev–Trinajstić information content (AvgIpc) is 2.91. The second kappa shape index (κ2) is 12.6. The van der Waals surface area contributed by atoms with Gasteiger partial charge in [-0.2, -0.15) is 0 Å². The van der Waals surface area contributed by atoms with Crippen LogP contribution in [0.3, 0.4) is 0 Å². The van der Waals surface area contributed by atoms with Gasteiger partial charge in [0, 0.05) is 34.7 Å². The Morgan fingerprint density at radius 1 is 0.450 bits per heavy atom. The van der Waals surface area contributed by atoms with E-state index in [2.05, 4.69) is 15.0 Å². The summed E-state index contributed by atoms with van der Waals surface area (Å²) in [7, 11) is 0. The molecular weight excluding hydrogens is 534 g/mol. The standard InChI is InChI=1S/3C10H8FNO.Al/c3*1-6-2-3-8(13)10-9(6)7(11)4-5-12-10;/h3*2-5,13H,1H3;/q;;;+3/p-3. The number of halogens is 3. The van der Waals surface area contributed by atoms with Crippen LogP contribution >= 0.6 is 0 Å². The summed E-state index contributed by atoms with van der Waals surface area (Å²) >= 11 is 0. The number of fused-ring (bicyclic) bond motifs is 3. The summed E-state index contributed by atoms with van der Waals surface area (Å²) in [5, 5.41) is 34.7. The van der Waals surface area contributed by atoms with Crippen LogP contribution < -0.4 is 15.3 Å². The third-order valence-electron chi connectivity index (χ3n) is 6.04. The summed E-state index contributed by atoms with van der Waals surface area (Å²) in [5.74, 6) is -1.87. The summed E-state index contributed by atoms with van der Waals surface area (Å²) in [6.07, 6.45) is 3.91. The number of benzene rings is 3. The van der Waals surface area contributed by atoms with Gasteiger partial charge in [-0.05, 0) is 55.7 Å². The van der Waals surface area contributed by atoms with Crippen LogP contribution in [0.25, 0.3) is 32.7 Å². The van der Waals surface area contributed by atoms with Crippen LogP contribution in [0.5, 0.6) is 17.2 Å². The van der Waals surface area contributed by atoms with Gasteiger partial charge in [0.25, 0.3) is 0 Å². The van der Waals surface area contributed by atoms with Gasteiger partial charge in [0.05, 0.1) is 16.6 Å². The molecule has 0 bridgehead atoms. The van der Waals surface area contributed by atoms with Gasteiger partial charge in [0.15, 0.2) is 0 Å². The van der Waals surface area contributed by atoms with Crippen LogP contribution in [0.2, 0.25) is 0 Å². The van der Waals surface area contributed by atoms with E-state index in [1.165, 1.54) is 55.0 Å². The molecule has 3 aromatic heterocycles. The van der Waals surface area contributed by atoms with Crippen LogP contribution in [0.15, 0.2) is 73.2 Å². The first-order chi connectivity index (χ1) is 18.6. The van der Waals surface area contributed by atoms with E-state index in [1.54, 1.807) is 39.0 Å². The van der Waals surface area contributed by atoms with E-state index in [-0.39, 0.29) is 68.6 Å². The number of aromatic nitrogens is 3. The van der Waals surface area contributed by atoms with Gasteiger partial charge in [-0.25, -0.2) is 13.2 Å². The minimum absolute atomic E-state index is 0. The van der Waals surface area contributed by atoms with Crippen LogP contribution in [0.1, 0.15) is 16.7 Å². The molecule has 40 heavy (non-hydrogen) atoms. The molecule has 0 amide bonds. The Kier molecular flexibility index (Phi) is 9.53. The summed E-state index contributed by atoms with van der Waals surface area (Å²) in [6.45, 7) is 5.27. The van der Waals surface area contributed by atoms with Crippen molar-refractivity contribution in [2.24, 2.45) is 0 Å². The molecule has 0 saturated carbocycles. The zero-order valence-corrected chi connectivity index (χ0v) is 22.9. The Bertz CT molecular complexity index is 1600. The predicted octanol–water partition coefficient (Wildman–Crippen LogP) is 4.89. The van der Waals surface area contributed by atoms with E-state index in [4.69, 9.17) is 0 Å². The molecule has 0 aliphatic heterocycles. The Labute approximate surface area is 238 Å². The number of hydrogen-bond donors (Lipinski definition) is 0. The molecule has 3 aromatic carbocycles. The van der Waals surface area contributed by atoms with Gasteiger partial charge in [0.1, 0.15) is 17.5 Å². The van der Waals surface area contributed by atoms with Crippen LogP contribution in [0.4, 0.5) is 13.2 Å². The summed E-state index contributed by atoms with van der Waals surface area (Å²) < 4.78 is 39.7. The Hall–Kier alpha value is -4.39. The van der Waals surface area contributed by atoms with Crippen molar-refractivity contribution in [3.8, 4) is 17.2 Å². The van der Waals surface area contributed by atoms with E-state index >= 15 is 0 Å². The van der Waals surface area contributed by atoms with E-state index in [0.717, 1.165) is 16.7 Å². The third-order valence-corrected chi connectivity index (χ3v) is 6.04. The fourth-order valence-electron chi connectivity index (χ4n) is 4.09. The monoisotopic (exact) mass is 555 g/mol. The van der Waals surface area contributed by atoms with E-state index in [1.807, 2.05) is 0 Å². The number of pyridine rings is 3. The smallest absolute Gasteiger partial charge is 0.871 e. The van der Waals surface area contributed by atoms with Gasteiger partial charge in [0.2, 0.25) is 0 Å². The number of aryl methyl sites for hydroxylation is 3. The maximum Gasteiger partial charge on any atom is 3.00 e. The summed E-state index contributed by atoms with van der Waals surface area (Å²) in [6, 6.07) is 12.8. The Morgan fingerprint density at radius 2 is 0.700 bits per heavy atom. The van der Waals surface area contributed by atoms with Gasteiger partial charge >= 0.3 is 17.4 Å². The van der Waals surface area contributed by atoms with Crippen molar-refractivity contribution < 1.29 is 28.5 Å². The molecule has 0 N–H and O–H groups in total. The number of nitrogens with zero attached hydrogens (tertiary/aromatic N) is 3. The third kappa shape index (κ3) is 6.09. The van der Waals surface area contributed by atoms with Crippen LogP contribution in [-0.4, -0.2) is 32.3 Å². The van der Waals surface area contributed by atoms with E-state index in [9.17, 15) is 28.5 Å². The average molecular weight is 555 g/mol. The largest absolute Gasteiger partial charge is 3.00 e. The molecule has 6 nitrogen and oxygen atoms in total. The molecule has 0 fully saturated rings. The molecule has 3 heterocycles. The first kappa shape index (κ1) is 30.2. The Balaban J connectivity index is 0.000000163. The van der Waals surface area contributed by atoms with Crippen LogP contribution in [-0.2, 0) is 0 Å². The number of rotatable bonds is 0. The quantitative estimate of drug-likeness (QED) is 0.247. The van der Waals surface area contributed by atoms with Crippen molar-refractivity contribution >= 4 is 50.1 Å². The van der Waals surface area contributed by atoms with Gasteiger partial charge < -0.3 is 15.3 Å². The van der Waals surface area contributed by atoms with Gasteiger partial charge in [-0.1, -0.05) is 53.6 Å². The molecule has 6 aromatic rings. The van der Waals surface area contributed by atoms with Crippen LogP contribution in [0, 0.1) is 38.2 Å². The molecule has 198 valence electrons. The van der Waals surface area contributed by atoms with Crippen molar-refractivity contribution in [1.29, 1.82) is 0 Å². The molecule has 6 rings (SSSR count). The first-order valence-electron chi connectivity index (χ1n) is 11.7. The molecule has 10 heteroatoms. The first-order valence-corrected chi connectivity index (χ1v) is 11.7. The fourth-order valence-corrected chi connectivity index (χ4v) is 4.09. The summed E-state index contributed by atoms with van der Waals surface area (Å²) in [4.78, 5) is 11.5. The maximum atomic E-state index is 13.2. The number of hydrogen-bond acceptors (Lipinski definition) is 6. The molecule has 0 radical (unpaired) electrons. The van der Waals surface area contributed by atoms with Crippen molar-refractivity contribution in [3.63, 3.8) is 0 Å². The molecular formula is C30H21AlF3N3O3. The second-order valence-corrected chi connectivity index (χ2v) is 8.69. The zero-order valence-electron chi connectivity index (χ0n) is 21.7. The topological polar surface area (TPSA) is 108 Å². The van der Waals surface area contributed by atoms with E-state index < -0.39 is 0 Å². The molecule has 0 aliphatic carbocycles. The fraction of sp³-hybridized carbons (Fsp3) is 0.100. The van der Waals surface area contributed by atoms with Crippen molar-refractivity contribution in [2.45, 2.75) is 20.8 Å². The van der Waals surface area contributed by atoms with Gasteiger partial charge in [-0.15, -0.1) is 0 Å². The molecule has 0 spiro atoms. The molecule has 0 saturated heterocycles. The SMILES string of the molecule is Cc1ccc([O-])c2nccc(F)c12.Cc1ccc([O-])c2nccc(F)c12.Cc1ccc([O-])c2nccc(F)c12.[Al+3]. The molecule has 0 unspecified atom stereocenters. The maximum absolute atomic E-state index is 13.2. The predicted molar refractivity (Wildman–Crippen MR) is 143 cm³/mol. The normalized spacial score (nSPS) is 10.3. The minimum Gasteiger partial charge on any atom is -0.871 e. The van der Waals surface area contributed by atoms with Gasteiger partial charge in [-0.3, -0.25) is 15.0 Å². The second-order valence-electron chi connectivity index (χ2n) is 8.69. The Morgan fingerprint density at radius 3 is 0.925 bits per heavy atom.